The van der Waals surface area contributed by atoms with Crippen molar-refractivity contribution < 1.29 is 40.5 Å². The first-order valence-electron chi connectivity index (χ1n) is 34.8. The summed E-state index contributed by atoms with van der Waals surface area (Å²) >= 11 is 11.3. The summed E-state index contributed by atoms with van der Waals surface area (Å²) < 4.78 is 5.32. The van der Waals surface area contributed by atoms with Gasteiger partial charge in [-0.2, -0.15) is 70.6 Å². The lowest BCUT2D eigenvalue weighted by molar-refractivity contribution is -0.00675. The quantitative estimate of drug-likeness (QED) is 0.0290. The molecule has 0 radical (unpaired) electrons. The molecular formula is C72H156O8S6. The summed E-state index contributed by atoms with van der Waals surface area (Å²) in [6.45, 7) is 53.8. The van der Waals surface area contributed by atoms with Crippen molar-refractivity contribution in [3.63, 3.8) is 0 Å². The van der Waals surface area contributed by atoms with E-state index < -0.39 is 12.2 Å². The molecule has 0 spiro atoms. The van der Waals surface area contributed by atoms with Crippen LogP contribution in [-0.2, 0) is 4.74 Å². The van der Waals surface area contributed by atoms with Crippen molar-refractivity contribution >= 4 is 70.6 Å². The molecule has 0 aromatic carbocycles. The second-order valence-electron chi connectivity index (χ2n) is 29.4. The lowest BCUT2D eigenvalue weighted by Crippen LogP contribution is -2.24. The van der Waals surface area contributed by atoms with Crippen LogP contribution in [0.4, 0.5) is 0 Å². The predicted octanol–water partition coefficient (Wildman–Crippen LogP) is 19.6. The summed E-state index contributed by atoms with van der Waals surface area (Å²) in [6.07, 6.45) is 16.0. The molecular weight excluding hydrogens is 1190 g/mol. The van der Waals surface area contributed by atoms with Gasteiger partial charge in [-0.3, -0.25) is 0 Å². The van der Waals surface area contributed by atoms with Crippen molar-refractivity contribution in [2.45, 2.75) is 304 Å². The van der Waals surface area contributed by atoms with Crippen LogP contribution in [0.25, 0.3) is 0 Å². The van der Waals surface area contributed by atoms with Gasteiger partial charge in [-0.25, -0.2) is 0 Å². The predicted molar refractivity (Wildman–Crippen MR) is 404 cm³/mol. The van der Waals surface area contributed by atoms with E-state index in [0.29, 0.717) is 66.3 Å². The van der Waals surface area contributed by atoms with Crippen molar-refractivity contribution in [2.24, 2.45) is 71.0 Å². The van der Waals surface area contributed by atoms with Crippen molar-refractivity contribution in [1.82, 2.24) is 0 Å². The molecule has 0 rings (SSSR count). The number of hydrogen-bond acceptors (Lipinski definition) is 14. The maximum absolute atomic E-state index is 9.68. The zero-order chi connectivity index (χ0) is 67.4. The Morgan fingerprint density at radius 3 is 0.814 bits per heavy atom. The maximum Gasteiger partial charge on any atom is 0.0863 e. The Hall–Kier alpha value is 1.78. The van der Waals surface area contributed by atoms with Crippen molar-refractivity contribution in [3.05, 3.63) is 0 Å². The summed E-state index contributed by atoms with van der Waals surface area (Å²) in [7, 11) is 0. The standard InChI is InChI=1S/C14H30O3S.C13H28OS.C12H26OS.3C11H24OS/c1-11(2)5-6-18-10-14(16)9-17-8-13(15)7-12(3)4;1-11(2)7-5-6-8-15-10-13(14)9-12(3)4;1-10(2)6-5-7-14-9-12(13)8-11(3)4;2*1-9(2)5-6-13-8-11(12)7-10(3)4;1-9(2)5-6-13-11(8-12)7-10(3)4/h11-16H,5-10H2,1-4H3;11-14H,5-10H2,1-4H3;10-13H,5-9H2,1-4H3;3*9-12H,5-8H2,1-4H3. The van der Waals surface area contributed by atoms with Gasteiger partial charge in [-0.05, 0) is 183 Å². The number of hydrogen-bond donors (Lipinski definition) is 7. The van der Waals surface area contributed by atoms with E-state index in [1.807, 2.05) is 58.8 Å². The van der Waals surface area contributed by atoms with Crippen molar-refractivity contribution in [3.8, 4) is 0 Å². The van der Waals surface area contributed by atoms with Crippen LogP contribution in [0.3, 0.4) is 0 Å². The third-order valence-electron chi connectivity index (χ3n) is 12.8. The second-order valence-corrected chi connectivity index (χ2v) is 36.6. The van der Waals surface area contributed by atoms with Gasteiger partial charge < -0.3 is 40.5 Å². The zero-order valence-corrected chi connectivity index (χ0v) is 66.4. The van der Waals surface area contributed by atoms with E-state index in [0.717, 1.165) is 103 Å². The molecule has 0 aliphatic heterocycles. The van der Waals surface area contributed by atoms with Crippen LogP contribution < -0.4 is 0 Å². The van der Waals surface area contributed by atoms with E-state index in [1.165, 1.54) is 86.6 Å². The number of rotatable bonds is 49. The Morgan fingerprint density at radius 2 is 0.512 bits per heavy atom. The molecule has 0 aromatic heterocycles. The van der Waals surface area contributed by atoms with E-state index in [-0.39, 0.29) is 24.4 Å². The first-order chi connectivity index (χ1) is 40.1. The number of ether oxygens (including phenoxy) is 1. The van der Waals surface area contributed by atoms with Gasteiger partial charge in [0.15, 0.2) is 0 Å². The minimum atomic E-state index is -0.423. The third-order valence-corrected chi connectivity index (χ3v) is 19.9. The summed E-state index contributed by atoms with van der Waals surface area (Å²) in [5.74, 6) is 19.8. The summed E-state index contributed by atoms with van der Waals surface area (Å²) in [4.78, 5) is 0. The van der Waals surface area contributed by atoms with Crippen molar-refractivity contribution in [2.75, 3.05) is 83.1 Å². The molecule has 86 heavy (non-hydrogen) atoms. The molecule has 0 fully saturated rings. The molecule has 0 saturated carbocycles. The van der Waals surface area contributed by atoms with E-state index in [4.69, 9.17) is 9.84 Å². The molecule has 7 atom stereocenters. The molecule has 8 nitrogen and oxygen atoms in total. The molecule has 0 saturated heterocycles. The van der Waals surface area contributed by atoms with Gasteiger partial charge in [0.1, 0.15) is 0 Å². The smallest absolute Gasteiger partial charge is 0.0863 e. The highest BCUT2D eigenvalue weighted by Gasteiger charge is 2.13. The molecule has 7 N–H and O–H groups in total. The summed E-state index contributed by atoms with van der Waals surface area (Å²) in [5, 5.41) is 67.2. The summed E-state index contributed by atoms with van der Waals surface area (Å²) in [6, 6.07) is 0. The lowest BCUT2D eigenvalue weighted by Gasteiger charge is -2.16. The van der Waals surface area contributed by atoms with Crippen LogP contribution in [0.1, 0.15) is 262 Å². The van der Waals surface area contributed by atoms with Crippen LogP contribution in [0, 0.1) is 71.0 Å². The fourth-order valence-electron chi connectivity index (χ4n) is 8.04. The van der Waals surface area contributed by atoms with Crippen LogP contribution in [0.15, 0.2) is 0 Å². The van der Waals surface area contributed by atoms with Gasteiger partial charge >= 0.3 is 0 Å². The van der Waals surface area contributed by atoms with E-state index in [9.17, 15) is 30.6 Å². The van der Waals surface area contributed by atoms with Gasteiger partial charge in [0, 0.05) is 34.0 Å². The third kappa shape index (κ3) is 102. The molecule has 7 unspecified atom stereocenters. The minimum Gasteiger partial charge on any atom is -0.395 e. The van der Waals surface area contributed by atoms with Crippen LogP contribution >= 0.6 is 70.6 Å². The topological polar surface area (TPSA) is 151 Å². The van der Waals surface area contributed by atoms with Gasteiger partial charge in [0.05, 0.1) is 56.4 Å². The van der Waals surface area contributed by atoms with E-state index in [1.54, 1.807) is 11.8 Å². The van der Waals surface area contributed by atoms with E-state index in [2.05, 4.69) is 166 Å². The zero-order valence-electron chi connectivity index (χ0n) is 61.5. The Morgan fingerprint density at radius 1 is 0.256 bits per heavy atom. The highest BCUT2D eigenvalue weighted by atomic mass is 32.2. The minimum absolute atomic E-state index is 0.0971. The Kier molecular flexibility index (Phi) is 81.7. The average molecular weight is 1340 g/mol. The SMILES string of the molecule is CC(C)CCCCSCC(O)CC(C)C.CC(C)CCCSCC(O)CC(C)C.CC(C)CCSC(CO)CC(C)C.CC(C)CCSCC(O)CC(C)C.CC(C)CCSCC(O)CC(C)C.CC(C)CCSCC(O)COCC(O)CC(C)C. The Bertz CT molecular complexity index is 1230. The fraction of sp³-hybridized carbons (Fsp3) is 1.00. The molecule has 0 aromatic rings. The number of unbranched alkanes of at least 4 members (excludes halogenated alkanes) is 1. The lowest BCUT2D eigenvalue weighted by atomic mass is 10.1. The highest BCUT2D eigenvalue weighted by molar-refractivity contribution is 8.00. The molecule has 0 heterocycles. The molecule has 14 heteroatoms. The molecule has 528 valence electrons. The number of thioether (sulfide) groups is 6. The first kappa shape index (κ1) is 98.8. The Balaban J connectivity index is -0.000000224. The largest absolute Gasteiger partial charge is 0.395 e. The van der Waals surface area contributed by atoms with E-state index >= 15 is 0 Å². The fourth-order valence-corrected chi connectivity index (χ4v) is 15.1. The van der Waals surface area contributed by atoms with Crippen LogP contribution in [-0.4, -0.2) is 161 Å². The van der Waals surface area contributed by atoms with Gasteiger partial charge in [0.2, 0.25) is 0 Å². The molecule has 0 aliphatic rings. The van der Waals surface area contributed by atoms with Crippen molar-refractivity contribution in [1.29, 1.82) is 0 Å². The van der Waals surface area contributed by atoms with Gasteiger partial charge in [0.25, 0.3) is 0 Å². The van der Waals surface area contributed by atoms with Gasteiger partial charge in [-0.15, -0.1) is 0 Å². The average Bonchev–Trinajstić information content (AvgIpc) is 3.36. The molecule has 0 bridgehead atoms. The second kappa shape index (κ2) is 71.1. The Labute approximate surface area is 565 Å². The van der Waals surface area contributed by atoms with Crippen LogP contribution in [0.2, 0.25) is 0 Å². The van der Waals surface area contributed by atoms with Gasteiger partial charge in [-0.1, -0.05) is 185 Å². The molecule has 0 aliphatic carbocycles. The normalized spacial score (nSPS) is 14.3. The summed E-state index contributed by atoms with van der Waals surface area (Å²) in [5.41, 5.74) is 0. The maximum atomic E-state index is 9.68. The first-order valence-corrected chi connectivity index (χ1v) is 41.6. The number of aliphatic hydroxyl groups excluding tert-OH is 7. The monoisotopic (exact) mass is 1340 g/mol. The van der Waals surface area contributed by atoms with Crippen LogP contribution in [0.5, 0.6) is 0 Å². The number of aliphatic hydroxyl groups is 7. The molecule has 0 amide bonds. The highest BCUT2D eigenvalue weighted by Crippen LogP contribution is 2.22.